The summed E-state index contributed by atoms with van der Waals surface area (Å²) in [7, 11) is 2.79. The molecule has 0 heterocycles. The lowest BCUT2D eigenvalue weighted by molar-refractivity contribution is 0.414. The Morgan fingerprint density at radius 2 is 1.88 bits per heavy atom. The number of methoxy groups -OCH3 is 1. The SMILES string of the molecule is CCNC(=NCCS(=O)C(C)(C)C)N(C)Cc1ccc(OC)cc1.I. The molecule has 0 fully saturated rings. The molecule has 25 heavy (non-hydrogen) atoms. The van der Waals surface area contributed by atoms with E-state index in [1.165, 1.54) is 5.56 Å². The standard InChI is InChI=1S/C18H31N3O2S.HI/c1-7-19-17(20-12-13-24(22)18(2,3)4)21(5)14-15-8-10-16(23-6)11-9-15;/h8-11H,7,12-14H2,1-6H3,(H,19,20);1H. The number of rotatable bonds is 7. The van der Waals surface area contributed by atoms with Gasteiger partial charge in [-0.25, -0.2) is 0 Å². The minimum Gasteiger partial charge on any atom is -0.497 e. The van der Waals surface area contributed by atoms with E-state index in [2.05, 4.69) is 15.2 Å². The molecule has 0 radical (unpaired) electrons. The Morgan fingerprint density at radius 3 is 2.36 bits per heavy atom. The van der Waals surface area contributed by atoms with E-state index >= 15 is 0 Å². The van der Waals surface area contributed by atoms with E-state index in [9.17, 15) is 4.21 Å². The van der Waals surface area contributed by atoms with Crippen LogP contribution in [0.15, 0.2) is 29.3 Å². The summed E-state index contributed by atoms with van der Waals surface area (Å²) >= 11 is 0. The third kappa shape index (κ3) is 8.89. The molecule has 1 aromatic carbocycles. The van der Waals surface area contributed by atoms with Gasteiger partial charge >= 0.3 is 0 Å². The van der Waals surface area contributed by atoms with Crippen molar-refractivity contribution in [2.24, 2.45) is 4.99 Å². The van der Waals surface area contributed by atoms with Crippen LogP contribution in [-0.4, -0.2) is 52.8 Å². The van der Waals surface area contributed by atoms with Crippen molar-refractivity contribution < 1.29 is 8.95 Å². The Hall–Kier alpha value is -0.830. The van der Waals surface area contributed by atoms with Gasteiger partial charge in [0.15, 0.2) is 5.96 Å². The van der Waals surface area contributed by atoms with E-state index in [1.54, 1.807) is 7.11 Å². The zero-order chi connectivity index (χ0) is 18.2. The van der Waals surface area contributed by atoms with Crippen LogP contribution in [0.5, 0.6) is 5.75 Å². The number of guanidine groups is 1. The molecule has 1 unspecified atom stereocenters. The summed E-state index contributed by atoms with van der Waals surface area (Å²) in [6, 6.07) is 8.01. The molecule has 0 aliphatic rings. The van der Waals surface area contributed by atoms with Gasteiger partial charge in [-0.1, -0.05) is 12.1 Å². The van der Waals surface area contributed by atoms with E-state index in [-0.39, 0.29) is 28.7 Å². The van der Waals surface area contributed by atoms with Crippen molar-refractivity contribution in [2.45, 2.75) is 39.0 Å². The van der Waals surface area contributed by atoms with Gasteiger partial charge in [0.05, 0.1) is 13.7 Å². The lowest BCUT2D eigenvalue weighted by Gasteiger charge is -2.22. The van der Waals surface area contributed by atoms with Gasteiger partial charge in [-0.05, 0) is 45.4 Å². The molecule has 1 atom stereocenters. The van der Waals surface area contributed by atoms with E-state index in [0.717, 1.165) is 24.8 Å². The Bertz CT molecular complexity index is 556. The smallest absolute Gasteiger partial charge is 0.193 e. The van der Waals surface area contributed by atoms with Crippen LogP contribution in [0.4, 0.5) is 0 Å². The summed E-state index contributed by atoms with van der Waals surface area (Å²) in [5.41, 5.74) is 1.18. The lowest BCUT2D eigenvalue weighted by atomic mass is 10.2. The normalized spacial score (nSPS) is 13.0. The third-order valence-corrected chi connectivity index (χ3v) is 5.42. The predicted molar refractivity (Wildman–Crippen MR) is 119 cm³/mol. The fraction of sp³-hybridized carbons (Fsp3) is 0.611. The van der Waals surface area contributed by atoms with Crippen LogP contribution in [0.3, 0.4) is 0 Å². The van der Waals surface area contributed by atoms with Gasteiger partial charge in [0, 0.05) is 41.4 Å². The van der Waals surface area contributed by atoms with Gasteiger partial charge in [0.25, 0.3) is 0 Å². The fourth-order valence-electron chi connectivity index (χ4n) is 2.09. The summed E-state index contributed by atoms with van der Waals surface area (Å²) in [5.74, 6) is 2.26. The van der Waals surface area contributed by atoms with Crippen molar-refractivity contribution in [3.8, 4) is 5.75 Å². The molecule has 0 saturated carbocycles. The molecule has 5 nitrogen and oxygen atoms in total. The second-order valence-electron chi connectivity index (χ2n) is 6.60. The molecular weight excluding hydrogens is 449 g/mol. The Balaban J connectivity index is 0.00000576. The largest absolute Gasteiger partial charge is 0.497 e. The van der Waals surface area contributed by atoms with Crippen molar-refractivity contribution in [2.75, 3.05) is 33.0 Å². The molecule has 0 spiro atoms. The maximum atomic E-state index is 12.1. The summed E-state index contributed by atoms with van der Waals surface area (Å²) in [6.45, 7) is 10.1. The quantitative estimate of drug-likeness (QED) is 0.369. The highest BCUT2D eigenvalue weighted by molar-refractivity contribution is 14.0. The highest BCUT2D eigenvalue weighted by Crippen LogP contribution is 2.13. The van der Waals surface area contributed by atoms with Crippen LogP contribution >= 0.6 is 24.0 Å². The van der Waals surface area contributed by atoms with Crippen LogP contribution in [0.1, 0.15) is 33.3 Å². The molecule has 0 aliphatic heterocycles. The highest BCUT2D eigenvalue weighted by atomic mass is 127. The zero-order valence-corrected chi connectivity index (χ0v) is 19.3. The van der Waals surface area contributed by atoms with Crippen LogP contribution < -0.4 is 10.1 Å². The van der Waals surface area contributed by atoms with Crippen molar-refractivity contribution in [3.05, 3.63) is 29.8 Å². The van der Waals surface area contributed by atoms with Crippen LogP contribution in [0, 0.1) is 0 Å². The highest BCUT2D eigenvalue weighted by Gasteiger charge is 2.18. The number of ether oxygens (including phenoxy) is 1. The fourth-order valence-corrected chi connectivity index (χ4v) is 2.96. The lowest BCUT2D eigenvalue weighted by Crippen LogP contribution is -2.39. The van der Waals surface area contributed by atoms with Crippen molar-refractivity contribution >= 4 is 40.7 Å². The molecule has 0 aliphatic carbocycles. The molecule has 1 aromatic rings. The third-order valence-electron chi connectivity index (χ3n) is 3.50. The Labute approximate surface area is 172 Å². The Kier molecular flexibility index (Phi) is 11.3. The maximum absolute atomic E-state index is 12.1. The van der Waals surface area contributed by atoms with E-state index < -0.39 is 10.8 Å². The number of nitrogens with zero attached hydrogens (tertiary/aromatic N) is 2. The van der Waals surface area contributed by atoms with Gasteiger partial charge in [0.1, 0.15) is 5.75 Å². The molecule has 7 heteroatoms. The van der Waals surface area contributed by atoms with E-state index in [1.807, 2.05) is 59.0 Å². The first-order valence-corrected chi connectivity index (χ1v) is 9.60. The van der Waals surface area contributed by atoms with Crippen molar-refractivity contribution in [1.82, 2.24) is 10.2 Å². The van der Waals surface area contributed by atoms with Gasteiger partial charge in [-0.2, -0.15) is 0 Å². The van der Waals surface area contributed by atoms with Crippen molar-refractivity contribution in [1.29, 1.82) is 0 Å². The number of hydrogen-bond donors (Lipinski definition) is 1. The van der Waals surface area contributed by atoms with Crippen molar-refractivity contribution in [3.63, 3.8) is 0 Å². The summed E-state index contributed by atoms with van der Waals surface area (Å²) in [5, 5.41) is 3.29. The molecule has 0 bridgehead atoms. The van der Waals surface area contributed by atoms with Crippen LogP contribution in [0.25, 0.3) is 0 Å². The number of halogens is 1. The summed E-state index contributed by atoms with van der Waals surface area (Å²) in [4.78, 5) is 6.69. The first kappa shape index (κ1) is 24.2. The number of hydrogen-bond acceptors (Lipinski definition) is 3. The van der Waals surface area contributed by atoms with Crippen LogP contribution in [0.2, 0.25) is 0 Å². The molecule has 144 valence electrons. The first-order valence-electron chi connectivity index (χ1n) is 8.28. The Morgan fingerprint density at radius 1 is 1.28 bits per heavy atom. The van der Waals surface area contributed by atoms with Gasteiger partial charge < -0.3 is 15.0 Å². The molecule has 0 amide bonds. The van der Waals surface area contributed by atoms with Crippen LogP contribution in [-0.2, 0) is 17.3 Å². The minimum atomic E-state index is -0.880. The number of aliphatic imine (C=N–C) groups is 1. The molecule has 1 N–H and O–H groups in total. The monoisotopic (exact) mass is 481 g/mol. The molecule has 1 rings (SSSR count). The van der Waals surface area contributed by atoms with E-state index in [4.69, 9.17) is 4.74 Å². The zero-order valence-electron chi connectivity index (χ0n) is 16.2. The first-order chi connectivity index (χ1) is 11.3. The molecule has 0 saturated heterocycles. The summed E-state index contributed by atoms with van der Waals surface area (Å²) < 4.78 is 17.1. The van der Waals surface area contributed by atoms with Gasteiger partial charge in [0.2, 0.25) is 0 Å². The molecular formula is C18H32IN3O2S. The average molecular weight is 481 g/mol. The van der Waals surface area contributed by atoms with E-state index in [0.29, 0.717) is 12.3 Å². The second-order valence-corrected chi connectivity index (χ2v) is 8.93. The minimum absolute atomic E-state index is 0. The second kappa shape index (κ2) is 11.7. The number of nitrogens with one attached hydrogen (secondary N) is 1. The van der Waals surface area contributed by atoms with Gasteiger partial charge in [-0.3, -0.25) is 9.20 Å². The average Bonchev–Trinajstić information content (AvgIpc) is 2.53. The maximum Gasteiger partial charge on any atom is 0.193 e. The molecule has 0 aromatic heterocycles. The topological polar surface area (TPSA) is 53.9 Å². The predicted octanol–water partition coefficient (Wildman–Crippen LogP) is 3.26. The number of benzene rings is 1. The van der Waals surface area contributed by atoms with Gasteiger partial charge in [-0.15, -0.1) is 24.0 Å². The summed E-state index contributed by atoms with van der Waals surface area (Å²) in [6.07, 6.45) is 0.